The number of aryl methyl sites for hydroxylation is 2. The Morgan fingerprint density at radius 3 is 2.74 bits per heavy atom. The van der Waals surface area contributed by atoms with Crippen LogP contribution in [-0.2, 0) is 4.74 Å². The first-order valence-electron chi connectivity index (χ1n) is 10.3. The van der Waals surface area contributed by atoms with Gasteiger partial charge in [0, 0.05) is 24.0 Å². The van der Waals surface area contributed by atoms with E-state index in [9.17, 15) is 4.79 Å². The molecule has 0 radical (unpaired) electrons. The molecule has 1 amide bonds. The number of nitrogens with one attached hydrogen (secondary N) is 1. The maximum absolute atomic E-state index is 12.9. The lowest BCUT2D eigenvalue weighted by Gasteiger charge is -2.35. The van der Waals surface area contributed by atoms with Gasteiger partial charge in [-0.1, -0.05) is 13.3 Å². The van der Waals surface area contributed by atoms with Gasteiger partial charge in [-0.25, -0.2) is 9.97 Å². The molecule has 4 rings (SSSR count). The summed E-state index contributed by atoms with van der Waals surface area (Å²) in [6, 6.07) is 2.21. The van der Waals surface area contributed by atoms with Gasteiger partial charge in [-0.15, -0.1) is 0 Å². The Kier molecular flexibility index (Phi) is 5.17. The summed E-state index contributed by atoms with van der Waals surface area (Å²) in [5.41, 5.74) is 3.00. The van der Waals surface area contributed by atoms with Crippen molar-refractivity contribution in [3.05, 3.63) is 29.5 Å². The zero-order valence-electron chi connectivity index (χ0n) is 16.6. The van der Waals surface area contributed by atoms with Gasteiger partial charge in [0.15, 0.2) is 11.3 Å². The number of imidazole rings is 1. The molecule has 6 nitrogen and oxygen atoms in total. The summed E-state index contributed by atoms with van der Waals surface area (Å²) in [5.74, 6) is 1.05. The smallest absolute Gasteiger partial charge is 0.274 e. The molecule has 2 bridgehead atoms. The third-order valence-electron chi connectivity index (χ3n) is 6.19. The second kappa shape index (κ2) is 7.58. The zero-order valence-corrected chi connectivity index (χ0v) is 16.6. The molecule has 2 heterocycles. The Hall–Kier alpha value is -1.95. The second-order valence-corrected chi connectivity index (χ2v) is 8.25. The van der Waals surface area contributed by atoms with Crippen molar-refractivity contribution in [3.63, 3.8) is 0 Å². The fourth-order valence-corrected chi connectivity index (χ4v) is 4.92. The number of ether oxygens (including phenoxy) is 1. The van der Waals surface area contributed by atoms with E-state index in [4.69, 9.17) is 4.74 Å². The van der Waals surface area contributed by atoms with Gasteiger partial charge in [-0.3, -0.25) is 9.20 Å². The quantitative estimate of drug-likeness (QED) is 0.791. The van der Waals surface area contributed by atoms with Crippen LogP contribution in [0, 0.1) is 25.7 Å². The summed E-state index contributed by atoms with van der Waals surface area (Å²) >= 11 is 0. The Bertz CT molecular complexity index is 817. The molecule has 0 unspecified atom stereocenters. The molecule has 2 saturated carbocycles. The van der Waals surface area contributed by atoms with Crippen molar-refractivity contribution < 1.29 is 9.53 Å². The third kappa shape index (κ3) is 3.59. The summed E-state index contributed by atoms with van der Waals surface area (Å²) in [6.07, 6.45) is 8.86. The third-order valence-corrected chi connectivity index (χ3v) is 6.19. The van der Waals surface area contributed by atoms with Crippen LogP contribution in [0.1, 0.15) is 67.3 Å². The van der Waals surface area contributed by atoms with Crippen LogP contribution in [0.15, 0.2) is 12.4 Å². The lowest BCUT2D eigenvalue weighted by atomic mass is 9.82. The van der Waals surface area contributed by atoms with Gasteiger partial charge in [0.25, 0.3) is 5.91 Å². The first-order chi connectivity index (χ1) is 13.1. The normalized spacial score (nSPS) is 27.2. The SMILES string of the molecule is CCCCO[C@@H]1[C@@H]2CC[C@H]1C[C@@H](NC(=O)c1ncn3c(C)cc(C)nc13)C2. The van der Waals surface area contributed by atoms with Crippen molar-refractivity contribution >= 4 is 11.6 Å². The van der Waals surface area contributed by atoms with Crippen molar-refractivity contribution in [3.8, 4) is 0 Å². The van der Waals surface area contributed by atoms with Crippen LogP contribution in [0.5, 0.6) is 0 Å². The van der Waals surface area contributed by atoms with E-state index in [0.29, 0.717) is 29.3 Å². The van der Waals surface area contributed by atoms with E-state index in [2.05, 4.69) is 22.2 Å². The van der Waals surface area contributed by atoms with Crippen LogP contribution < -0.4 is 5.32 Å². The van der Waals surface area contributed by atoms with Gasteiger partial charge >= 0.3 is 0 Å². The molecule has 2 aliphatic rings. The molecular formula is C21H30N4O2. The average Bonchev–Trinajstić information content (AvgIpc) is 3.14. The highest BCUT2D eigenvalue weighted by atomic mass is 16.5. The van der Waals surface area contributed by atoms with E-state index in [1.54, 1.807) is 6.33 Å². The van der Waals surface area contributed by atoms with E-state index >= 15 is 0 Å². The first kappa shape index (κ1) is 18.4. The highest BCUT2D eigenvalue weighted by Gasteiger charge is 2.43. The molecule has 2 aromatic rings. The average molecular weight is 370 g/mol. The number of hydrogen-bond acceptors (Lipinski definition) is 4. The molecule has 0 saturated heterocycles. The number of rotatable bonds is 6. The molecule has 27 heavy (non-hydrogen) atoms. The molecule has 6 heteroatoms. The van der Waals surface area contributed by atoms with Crippen molar-refractivity contribution in [2.24, 2.45) is 11.8 Å². The van der Waals surface area contributed by atoms with Crippen LogP contribution in [0.4, 0.5) is 0 Å². The predicted molar refractivity (Wildman–Crippen MR) is 104 cm³/mol. The largest absolute Gasteiger partial charge is 0.378 e. The maximum atomic E-state index is 12.9. The van der Waals surface area contributed by atoms with Crippen molar-refractivity contribution in [2.75, 3.05) is 6.61 Å². The summed E-state index contributed by atoms with van der Waals surface area (Å²) in [5, 5.41) is 3.23. The Balaban J connectivity index is 1.43. The summed E-state index contributed by atoms with van der Waals surface area (Å²) in [6.45, 7) is 7.01. The number of unbranched alkanes of at least 4 members (excludes halogenated alkanes) is 1. The van der Waals surface area contributed by atoms with Gasteiger partial charge in [0.1, 0.15) is 6.33 Å². The number of hydrogen-bond donors (Lipinski definition) is 1. The lowest BCUT2D eigenvalue weighted by molar-refractivity contribution is -0.0263. The van der Waals surface area contributed by atoms with Crippen LogP contribution >= 0.6 is 0 Å². The lowest BCUT2D eigenvalue weighted by Crippen LogP contribution is -2.44. The number of carbonyl (C=O) groups is 1. The van der Waals surface area contributed by atoms with E-state index in [1.807, 2.05) is 24.3 Å². The van der Waals surface area contributed by atoms with Crippen molar-refractivity contribution in [2.45, 2.75) is 71.4 Å². The molecular weight excluding hydrogens is 340 g/mol. The van der Waals surface area contributed by atoms with Crippen LogP contribution in [0.3, 0.4) is 0 Å². The first-order valence-corrected chi connectivity index (χ1v) is 10.3. The highest BCUT2D eigenvalue weighted by molar-refractivity contribution is 5.98. The fraction of sp³-hybridized carbons (Fsp3) is 0.667. The summed E-state index contributed by atoms with van der Waals surface area (Å²) in [7, 11) is 0. The standard InChI is InChI=1S/C21H30N4O2/c1-4-5-8-27-19-15-6-7-16(19)11-17(10-15)24-21(26)18-20-23-13(2)9-14(3)25(20)12-22-18/h9,12,15-17,19H,4-8,10-11H2,1-3H3,(H,24,26)/t15-,16+,17+,19-. The number of aromatic nitrogens is 3. The molecule has 1 N–H and O–H groups in total. The van der Waals surface area contributed by atoms with Gasteiger partial charge < -0.3 is 10.1 Å². The number of carbonyl (C=O) groups excluding carboxylic acids is 1. The topological polar surface area (TPSA) is 68.5 Å². The van der Waals surface area contributed by atoms with E-state index in [0.717, 1.165) is 37.3 Å². The molecule has 4 atom stereocenters. The molecule has 2 aromatic heterocycles. The Morgan fingerprint density at radius 1 is 1.30 bits per heavy atom. The van der Waals surface area contributed by atoms with E-state index in [-0.39, 0.29) is 11.9 Å². The molecule has 2 aliphatic carbocycles. The van der Waals surface area contributed by atoms with Gasteiger partial charge in [0.05, 0.1) is 6.10 Å². The fourth-order valence-electron chi connectivity index (χ4n) is 4.92. The van der Waals surface area contributed by atoms with E-state index < -0.39 is 0 Å². The molecule has 0 spiro atoms. The zero-order chi connectivity index (χ0) is 19.0. The maximum Gasteiger partial charge on any atom is 0.274 e. The van der Waals surface area contributed by atoms with Crippen LogP contribution in [0.25, 0.3) is 5.65 Å². The van der Waals surface area contributed by atoms with Crippen LogP contribution in [-0.4, -0.2) is 39.0 Å². The predicted octanol–water partition coefficient (Wildman–Crippen LogP) is 3.45. The van der Waals surface area contributed by atoms with Gasteiger partial charge in [0.2, 0.25) is 0 Å². The number of amides is 1. The van der Waals surface area contributed by atoms with Crippen LogP contribution in [0.2, 0.25) is 0 Å². The molecule has 146 valence electrons. The number of nitrogens with zero attached hydrogens (tertiary/aromatic N) is 3. The van der Waals surface area contributed by atoms with Gasteiger partial charge in [-0.2, -0.15) is 0 Å². The molecule has 0 aromatic carbocycles. The monoisotopic (exact) mass is 370 g/mol. The second-order valence-electron chi connectivity index (χ2n) is 8.25. The van der Waals surface area contributed by atoms with Crippen molar-refractivity contribution in [1.82, 2.24) is 19.7 Å². The number of fused-ring (bicyclic) bond motifs is 3. The van der Waals surface area contributed by atoms with E-state index in [1.165, 1.54) is 19.3 Å². The summed E-state index contributed by atoms with van der Waals surface area (Å²) < 4.78 is 8.06. The minimum atomic E-state index is -0.107. The van der Waals surface area contributed by atoms with Crippen molar-refractivity contribution in [1.29, 1.82) is 0 Å². The Morgan fingerprint density at radius 2 is 2.04 bits per heavy atom. The Labute approximate surface area is 160 Å². The molecule has 2 fully saturated rings. The van der Waals surface area contributed by atoms with Gasteiger partial charge in [-0.05, 0) is 63.9 Å². The summed E-state index contributed by atoms with van der Waals surface area (Å²) in [4.78, 5) is 21.7. The molecule has 0 aliphatic heterocycles. The minimum absolute atomic E-state index is 0.107. The highest BCUT2D eigenvalue weighted by Crippen LogP contribution is 2.44. The minimum Gasteiger partial charge on any atom is -0.378 e.